The molecule has 1 aromatic rings. The van der Waals surface area contributed by atoms with Gasteiger partial charge in [-0.1, -0.05) is 48.8 Å². The third kappa shape index (κ3) is 4.75. The summed E-state index contributed by atoms with van der Waals surface area (Å²) < 4.78 is 0. The van der Waals surface area contributed by atoms with E-state index in [9.17, 15) is 4.79 Å². The Bertz CT molecular complexity index is 417. The summed E-state index contributed by atoms with van der Waals surface area (Å²) in [5.41, 5.74) is 3.89. The molecule has 4 heteroatoms. The second kappa shape index (κ2) is 7.59. The highest BCUT2D eigenvalue weighted by Crippen LogP contribution is 2.10. The Kier molecular flexibility index (Phi) is 5.44. The minimum Gasteiger partial charge on any atom is -0.395 e. The van der Waals surface area contributed by atoms with Crippen LogP contribution in [0, 0.1) is 0 Å². The van der Waals surface area contributed by atoms with E-state index in [2.05, 4.69) is 29.9 Å². The zero-order chi connectivity index (χ0) is 13.3. The first-order chi connectivity index (χ1) is 9.36. The number of rotatable bonds is 7. The molecule has 0 aliphatic carbocycles. The van der Waals surface area contributed by atoms with Gasteiger partial charge in [0.25, 0.3) is 0 Å². The summed E-state index contributed by atoms with van der Waals surface area (Å²) in [4.78, 5) is 16.4. The third-order valence-corrected chi connectivity index (χ3v) is 3.15. The topological polar surface area (TPSA) is 41.6 Å². The van der Waals surface area contributed by atoms with Crippen LogP contribution in [0.2, 0.25) is 0 Å². The van der Waals surface area contributed by atoms with E-state index in [1.807, 2.05) is 6.07 Å². The van der Waals surface area contributed by atoms with Crippen LogP contribution < -0.4 is 5.59 Å². The maximum atomic E-state index is 11.6. The molecule has 0 radical (unpaired) electrons. The van der Waals surface area contributed by atoms with Crippen molar-refractivity contribution in [3.63, 3.8) is 0 Å². The van der Waals surface area contributed by atoms with Gasteiger partial charge in [-0.2, -0.15) is 0 Å². The molecular formula is C15H20N2O2. The van der Waals surface area contributed by atoms with Crippen LogP contribution in [0.15, 0.2) is 42.8 Å². The van der Waals surface area contributed by atoms with Crippen molar-refractivity contribution < 1.29 is 9.63 Å². The van der Waals surface area contributed by atoms with Gasteiger partial charge in [0.15, 0.2) is 0 Å². The first-order valence-electron chi connectivity index (χ1n) is 6.80. The van der Waals surface area contributed by atoms with Gasteiger partial charge in [-0.3, -0.25) is 4.79 Å². The lowest BCUT2D eigenvalue weighted by Gasteiger charge is -2.11. The van der Waals surface area contributed by atoms with Gasteiger partial charge < -0.3 is 4.84 Å². The number of aryl methyl sites for hydroxylation is 1. The van der Waals surface area contributed by atoms with Crippen molar-refractivity contribution in [2.45, 2.75) is 38.5 Å². The standard InChI is InChI=1S/C15H20N2O2/c18-15(17-12-13-19-16-17)11-7-2-1-4-8-14-9-5-3-6-10-14/h3,5-6,9-10,12-13,16H,1-2,4,7-8,11H2. The number of unbranched alkanes of at least 4 members (excludes halogenated alkanes) is 3. The molecule has 1 N–H and O–H groups in total. The van der Waals surface area contributed by atoms with Crippen molar-refractivity contribution in [3.05, 3.63) is 48.4 Å². The molecule has 0 atom stereocenters. The molecule has 4 nitrogen and oxygen atoms in total. The van der Waals surface area contributed by atoms with Gasteiger partial charge in [0.2, 0.25) is 5.91 Å². The number of amides is 1. The summed E-state index contributed by atoms with van der Waals surface area (Å²) in [6.45, 7) is 0. The van der Waals surface area contributed by atoms with E-state index in [4.69, 9.17) is 4.84 Å². The maximum absolute atomic E-state index is 11.6. The number of hydrogen-bond donors (Lipinski definition) is 1. The zero-order valence-electron chi connectivity index (χ0n) is 11.0. The highest BCUT2D eigenvalue weighted by Gasteiger charge is 2.13. The average Bonchev–Trinajstić information content (AvgIpc) is 2.98. The molecule has 0 fully saturated rings. The lowest BCUT2D eigenvalue weighted by atomic mass is 10.1. The van der Waals surface area contributed by atoms with Crippen LogP contribution in [-0.2, 0) is 16.1 Å². The molecule has 1 heterocycles. The third-order valence-electron chi connectivity index (χ3n) is 3.15. The first-order valence-corrected chi connectivity index (χ1v) is 6.80. The second-order valence-corrected chi connectivity index (χ2v) is 4.66. The van der Waals surface area contributed by atoms with Crippen molar-refractivity contribution in [3.8, 4) is 0 Å². The van der Waals surface area contributed by atoms with Crippen LogP contribution in [-0.4, -0.2) is 10.9 Å². The van der Waals surface area contributed by atoms with E-state index >= 15 is 0 Å². The highest BCUT2D eigenvalue weighted by atomic mass is 16.7. The van der Waals surface area contributed by atoms with E-state index in [-0.39, 0.29) is 5.91 Å². The van der Waals surface area contributed by atoms with Crippen molar-refractivity contribution in [1.82, 2.24) is 10.6 Å². The molecule has 0 saturated carbocycles. The summed E-state index contributed by atoms with van der Waals surface area (Å²) in [5.74, 6) is 0.0526. The Morgan fingerprint density at radius 2 is 1.89 bits per heavy atom. The smallest absolute Gasteiger partial charge is 0.243 e. The van der Waals surface area contributed by atoms with Gasteiger partial charge in [-0.15, -0.1) is 0 Å². The number of nitrogens with one attached hydrogen (secondary N) is 1. The molecule has 0 aromatic heterocycles. The van der Waals surface area contributed by atoms with Crippen molar-refractivity contribution >= 4 is 5.91 Å². The van der Waals surface area contributed by atoms with E-state index < -0.39 is 0 Å². The Hall–Kier alpha value is -1.81. The lowest BCUT2D eigenvalue weighted by Crippen LogP contribution is -2.33. The molecule has 2 rings (SSSR count). The normalized spacial score (nSPS) is 13.6. The van der Waals surface area contributed by atoms with Gasteiger partial charge in [-0.25, -0.2) is 5.01 Å². The second-order valence-electron chi connectivity index (χ2n) is 4.66. The SMILES string of the molecule is O=C(CCCCCCc1ccccc1)N1C=CON1. The molecule has 1 aliphatic heterocycles. The quantitative estimate of drug-likeness (QED) is 0.766. The zero-order valence-corrected chi connectivity index (χ0v) is 11.0. The molecule has 1 aliphatic rings. The van der Waals surface area contributed by atoms with E-state index in [1.165, 1.54) is 29.7 Å². The molecule has 1 amide bonds. The summed E-state index contributed by atoms with van der Waals surface area (Å²) in [6.07, 6.45) is 9.11. The minimum absolute atomic E-state index is 0.0526. The van der Waals surface area contributed by atoms with E-state index in [0.717, 1.165) is 19.3 Å². The summed E-state index contributed by atoms with van der Waals surface area (Å²) in [5, 5.41) is 1.38. The van der Waals surface area contributed by atoms with Crippen molar-refractivity contribution in [2.75, 3.05) is 0 Å². The number of nitrogens with zero attached hydrogens (tertiary/aromatic N) is 1. The molecular weight excluding hydrogens is 240 g/mol. The molecule has 0 unspecified atom stereocenters. The van der Waals surface area contributed by atoms with E-state index in [0.29, 0.717) is 6.42 Å². The fourth-order valence-corrected chi connectivity index (χ4v) is 2.07. The number of carbonyl (C=O) groups is 1. The number of hydrazine groups is 1. The average molecular weight is 260 g/mol. The molecule has 102 valence electrons. The van der Waals surface area contributed by atoms with Crippen LogP contribution >= 0.6 is 0 Å². The number of carbonyl (C=O) groups excluding carboxylic acids is 1. The lowest BCUT2D eigenvalue weighted by molar-refractivity contribution is -0.136. The molecule has 19 heavy (non-hydrogen) atoms. The highest BCUT2D eigenvalue weighted by molar-refractivity contribution is 5.76. The fourth-order valence-electron chi connectivity index (χ4n) is 2.07. The van der Waals surface area contributed by atoms with E-state index in [1.54, 1.807) is 6.20 Å². The van der Waals surface area contributed by atoms with Gasteiger partial charge in [-0.05, 0) is 24.8 Å². The van der Waals surface area contributed by atoms with Gasteiger partial charge >= 0.3 is 0 Å². The number of hydrogen-bond acceptors (Lipinski definition) is 3. The summed E-state index contributed by atoms with van der Waals surface area (Å²) in [7, 11) is 0. The van der Waals surface area contributed by atoms with Gasteiger partial charge in [0.05, 0.1) is 6.20 Å². The fraction of sp³-hybridized carbons (Fsp3) is 0.400. The molecule has 0 saturated heterocycles. The molecule has 0 spiro atoms. The number of benzene rings is 1. The van der Waals surface area contributed by atoms with Crippen molar-refractivity contribution in [1.29, 1.82) is 0 Å². The van der Waals surface area contributed by atoms with Gasteiger partial charge in [0.1, 0.15) is 6.26 Å². The van der Waals surface area contributed by atoms with Gasteiger partial charge in [0, 0.05) is 6.42 Å². The van der Waals surface area contributed by atoms with Crippen LogP contribution in [0.5, 0.6) is 0 Å². The van der Waals surface area contributed by atoms with Crippen LogP contribution in [0.4, 0.5) is 0 Å². The Balaban J connectivity index is 1.50. The summed E-state index contributed by atoms with van der Waals surface area (Å²) in [6, 6.07) is 10.5. The Labute approximate surface area is 114 Å². The molecule has 1 aromatic carbocycles. The summed E-state index contributed by atoms with van der Waals surface area (Å²) >= 11 is 0. The monoisotopic (exact) mass is 260 g/mol. The maximum Gasteiger partial charge on any atom is 0.243 e. The predicted molar refractivity (Wildman–Crippen MR) is 73.4 cm³/mol. The van der Waals surface area contributed by atoms with Crippen LogP contribution in [0.25, 0.3) is 0 Å². The first kappa shape index (κ1) is 13.6. The molecule has 0 bridgehead atoms. The van der Waals surface area contributed by atoms with Crippen LogP contribution in [0.1, 0.15) is 37.7 Å². The predicted octanol–water partition coefficient (Wildman–Crippen LogP) is 2.93. The Morgan fingerprint density at radius 1 is 1.11 bits per heavy atom. The largest absolute Gasteiger partial charge is 0.395 e. The van der Waals surface area contributed by atoms with Crippen molar-refractivity contribution in [2.24, 2.45) is 0 Å². The van der Waals surface area contributed by atoms with Crippen LogP contribution in [0.3, 0.4) is 0 Å². The Morgan fingerprint density at radius 3 is 2.63 bits per heavy atom. The minimum atomic E-state index is 0.0526.